The minimum absolute atomic E-state index is 0.0610. The van der Waals surface area contributed by atoms with E-state index in [1.54, 1.807) is 43.0 Å². The minimum Gasteiger partial charge on any atom is -0.322 e. The molecule has 1 amide bonds. The number of piperazine rings is 1. The normalized spacial score (nSPS) is 13.9. The number of nitrogens with one attached hydrogen (secondary N) is 2. The van der Waals surface area contributed by atoms with Gasteiger partial charge in [0.2, 0.25) is 5.95 Å². The van der Waals surface area contributed by atoms with Crippen molar-refractivity contribution in [2.45, 2.75) is 26.2 Å². The number of rotatable bonds is 7. The van der Waals surface area contributed by atoms with Gasteiger partial charge >= 0.3 is 6.18 Å². The van der Waals surface area contributed by atoms with Crippen LogP contribution in [-0.2, 0) is 19.3 Å². The van der Waals surface area contributed by atoms with Crippen molar-refractivity contribution in [1.29, 1.82) is 5.26 Å². The Bertz CT molecular complexity index is 1770. The molecule has 2 aromatic carbocycles. The van der Waals surface area contributed by atoms with Crippen molar-refractivity contribution < 1.29 is 18.0 Å². The Morgan fingerprint density at radius 3 is 2.47 bits per heavy atom. The molecule has 0 spiro atoms. The molecular formula is C32H30F3N9O. The van der Waals surface area contributed by atoms with E-state index in [9.17, 15) is 18.0 Å². The molecule has 0 aliphatic carbocycles. The highest BCUT2D eigenvalue weighted by Gasteiger charge is 2.34. The van der Waals surface area contributed by atoms with Crippen molar-refractivity contribution in [2.24, 2.45) is 0 Å². The Balaban J connectivity index is 1.26. The van der Waals surface area contributed by atoms with E-state index in [4.69, 9.17) is 5.26 Å². The molecule has 13 heteroatoms. The van der Waals surface area contributed by atoms with E-state index < -0.39 is 17.6 Å². The number of carbonyl (C=O) groups is 1. The number of alkyl halides is 3. The summed E-state index contributed by atoms with van der Waals surface area (Å²) in [5, 5.41) is 18.4. The van der Waals surface area contributed by atoms with Crippen molar-refractivity contribution in [3.05, 3.63) is 94.6 Å². The number of amides is 1. The fraction of sp³-hybridized carbons (Fsp3) is 0.281. The van der Waals surface area contributed by atoms with Crippen LogP contribution in [0, 0.1) is 30.1 Å². The Morgan fingerprint density at radius 2 is 1.76 bits per heavy atom. The van der Waals surface area contributed by atoms with Crippen LogP contribution in [0.5, 0.6) is 0 Å². The number of halogens is 3. The molecule has 0 radical (unpaired) electrons. The monoisotopic (exact) mass is 613 g/mol. The second kappa shape index (κ2) is 13.6. The standard InChI is InChI=1S/C32H30F3N9O/c1-22-3-5-25(15-24(22)6-4-23-17-37-31(38-18-23)41-28-19-39-44(21-28)10-9-36)30(45)40-27-8-7-26(29(16-27)32(33,34)35)20-43-13-11-42(2)12-14-43/h3,5,7-8,15-19,21H,10-14,20H2,1-2H3,(H,40,45)(H,37,38,41). The van der Waals surface area contributed by atoms with E-state index in [2.05, 4.69) is 42.4 Å². The van der Waals surface area contributed by atoms with Crippen molar-refractivity contribution in [1.82, 2.24) is 29.5 Å². The number of aryl methyl sites for hydroxylation is 1. The van der Waals surface area contributed by atoms with Crippen LogP contribution < -0.4 is 10.6 Å². The van der Waals surface area contributed by atoms with E-state index in [0.29, 0.717) is 35.9 Å². The third kappa shape index (κ3) is 8.23. The smallest absolute Gasteiger partial charge is 0.322 e. The summed E-state index contributed by atoms with van der Waals surface area (Å²) in [6.07, 6.45) is 1.74. The molecule has 5 rings (SSSR count). The number of nitrogens with zero attached hydrogens (tertiary/aromatic N) is 7. The molecule has 0 bridgehead atoms. The van der Waals surface area contributed by atoms with E-state index in [1.165, 1.54) is 16.8 Å². The van der Waals surface area contributed by atoms with Crippen molar-refractivity contribution >= 4 is 23.2 Å². The summed E-state index contributed by atoms with van der Waals surface area (Å²) in [6.45, 7) is 5.15. The average Bonchev–Trinajstić information content (AvgIpc) is 3.45. The lowest BCUT2D eigenvalue weighted by atomic mass is 10.0. The molecular weight excluding hydrogens is 583 g/mol. The molecule has 1 fully saturated rings. The predicted molar refractivity (Wildman–Crippen MR) is 162 cm³/mol. The highest BCUT2D eigenvalue weighted by Crippen LogP contribution is 2.34. The van der Waals surface area contributed by atoms with Gasteiger partial charge in [-0.2, -0.15) is 23.5 Å². The van der Waals surface area contributed by atoms with Gasteiger partial charge in [0.1, 0.15) is 6.54 Å². The first kappa shape index (κ1) is 31.2. The average molecular weight is 614 g/mol. The van der Waals surface area contributed by atoms with Gasteiger partial charge in [-0.05, 0) is 49.4 Å². The van der Waals surface area contributed by atoms with Crippen LogP contribution in [-0.4, -0.2) is 68.7 Å². The first-order valence-corrected chi connectivity index (χ1v) is 14.1. The predicted octanol–water partition coefficient (Wildman–Crippen LogP) is 4.67. The molecule has 0 unspecified atom stereocenters. The number of hydrogen-bond donors (Lipinski definition) is 2. The maximum Gasteiger partial charge on any atom is 0.416 e. The van der Waals surface area contributed by atoms with E-state index in [-0.39, 0.29) is 29.9 Å². The first-order valence-electron chi connectivity index (χ1n) is 14.1. The van der Waals surface area contributed by atoms with Gasteiger partial charge in [0.05, 0.1) is 29.1 Å². The van der Waals surface area contributed by atoms with Crippen molar-refractivity contribution in [2.75, 3.05) is 43.9 Å². The molecule has 1 aliphatic heterocycles. The van der Waals surface area contributed by atoms with Crippen LogP contribution in [0.3, 0.4) is 0 Å². The van der Waals surface area contributed by atoms with Crippen LogP contribution in [0.15, 0.2) is 61.2 Å². The number of anilines is 3. The third-order valence-electron chi connectivity index (χ3n) is 7.28. The Labute approximate surface area is 258 Å². The van der Waals surface area contributed by atoms with Crippen molar-refractivity contribution in [3.63, 3.8) is 0 Å². The first-order chi connectivity index (χ1) is 21.6. The number of benzene rings is 2. The van der Waals surface area contributed by atoms with Gasteiger partial charge in [-0.25, -0.2) is 9.97 Å². The lowest BCUT2D eigenvalue weighted by Crippen LogP contribution is -2.44. The van der Waals surface area contributed by atoms with Crippen LogP contribution in [0.4, 0.5) is 30.5 Å². The summed E-state index contributed by atoms with van der Waals surface area (Å²) in [5.41, 5.74) is 2.30. The molecule has 0 atom stereocenters. The summed E-state index contributed by atoms with van der Waals surface area (Å²) in [6, 6.07) is 10.9. The molecule has 0 saturated carbocycles. The molecule has 2 N–H and O–H groups in total. The molecule has 2 aromatic heterocycles. The number of likely N-dealkylation sites (N-methyl/N-ethyl adjacent to an activating group) is 1. The summed E-state index contributed by atoms with van der Waals surface area (Å²) >= 11 is 0. The zero-order valence-corrected chi connectivity index (χ0v) is 24.7. The Morgan fingerprint density at radius 1 is 1.00 bits per heavy atom. The summed E-state index contributed by atoms with van der Waals surface area (Å²) in [5.74, 6) is 5.78. The molecule has 4 aromatic rings. The summed E-state index contributed by atoms with van der Waals surface area (Å²) in [7, 11) is 1.99. The number of aromatic nitrogens is 4. The van der Waals surface area contributed by atoms with Gasteiger partial charge in [-0.3, -0.25) is 14.4 Å². The van der Waals surface area contributed by atoms with Crippen molar-refractivity contribution in [3.8, 4) is 17.9 Å². The quantitative estimate of drug-likeness (QED) is 0.289. The molecule has 1 aliphatic rings. The molecule has 10 nitrogen and oxygen atoms in total. The fourth-order valence-electron chi connectivity index (χ4n) is 4.72. The SMILES string of the molecule is Cc1ccc(C(=O)Nc2ccc(CN3CCN(C)CC3)c(C(F)(F)F)c2)cc1C#Cc1cnc(Nc2cnn(CC#N)c2)nc1. The third-order valence-corrected chi connectivity index (χ3v) is 7.28. The highest BCUT2D eigenvalue weighted by molar-refractivity contribution is 6.04. The van der Waals surface area contributed by atoms with Gasteiger partial charge in [-0.1, -0.05) is 24.0 Å². The van der Waals surface area contributed by atoms with Crippen LogP contribution in [0.25, 0.3) is 0 Å². The van der Waals surface area contributed by atoms with E-state index >= 15 is 0 Å². The molecule has 3 heterocycles. The summed E-state index contributed by atoms with van der Waals surface area (Å²) < 4.78 is 43.5. The topological polar surface area (TPSA) is 115 Å². The van der Waals surface area contributed by atoms with Crippen LogP contribution in [0.2, 0.25) is 0 Å². The van der Waals surface area contributed by atoms with Gasteiger partial charge in [0, 0.05) is 68.1 Å². The lowest BCUT2D eigenvalue weighted by molar-refractivity contribution is -0.138. The summed E-state index contributed by atoms with van der Waals surface area (Å²) in [4.78, 5) is 25.7. The van der Waals surface area contributed by atoms with Gasteiger partial charge in [0.15, 0.2) is 0 Å². The minimum atomic E-state index is -4.56. The Hall–Kier alpha value is -5.24. The van der Waals surface area contributed by atoms with Gasteiger partial charge in [-0.15, -0.1) is 0 Å². The molecule has 45 heavy (non-hydrogen) atoms. The largest absolute Gasteiger partial charge is 0.416 e. The van der Waals surface area contributed by atoms with Gasteiger partial charge in [0.25, 0.3) is 5.91 Å². The number of hydrogen-bond acceptors (Lipinski definition) is 8. The number of nitriles is 1. The van der Waals surface area contributed by atoms with Crippen LogP contribution >= 0.6 is 0 Å². The number of carbonyl (C=O) groups excluding carboxylic acids is 1. The second-order valence-electron chi connectivity index (χ2n) is 10.7. The van der Waals surface area contributed by atoms with E-state index in [0.717, 1.165) is 24.7 Å². The lowest BCUT2D eigenvalue weighted by Gasteiger charge is -2.33. The maximum atomic E-state index is 14.0. The van der Waals surface area contributed by atoms with E-state index in [1.807, 2.05) is 24.9 Å². The van der Waals surface area contributed by atoms with Crippen LogP contribution in [0.1, 0.15) is 38.2 Å². The fourth-order valence-corrected chi connectivity index (χ4v) is 4.72. The van der Waals surface area contributed by atoms with Gasteiger partial charge < -0.3 is 15.5 Å². The zero-order valence-electron chi connectivity index (χ0n) is 24.7. The molecule has 230 valence electrons. The Kier molecular flexibility index (Phi) is 9.42. The zero-order chi connectivity index (χ0) is 32.0. The second-order valence-corrected chi connectivity index (χ2v) is 10.7. The maximum absolute atomic E-state index is 14.0. The molecule has 1 saturated heterocycles. The highest BCUT2D eigenvalue weighted by atomic mass is 19.4.